The Bertz CT molecular complexity index is 471. The van der Waals surface area contributed by atoms with Crippen molar-refractivity contribution in [2.75, 3.05) is 33.8 Å². The second-order valence-electron chi connectivity index (χ2n) is 5.14. The second kappa shape index (κ2) is 6.70. The van der Waals surface area contributed by atoms with Crippen molar-refractivity contribution in [3.8, 4) is 5.75 Å². The van der Waals surface area contributed by atoms with E-state index in [0.717, 1.165) is 19.4 Å². The third-order valence-corrected chi connectivity index (χ3v) is 3.80. The van der Waals surface area contributed by atoms with Crippen molar-refractivity contribution in [3.63, 3.8) is 0 Å². The number of likely N-dealkylation sites (tertiary alicyclic amines) is 1. The Morgan fingerprint density at radius 1 is 1.45 bits per heavy atom. The standard InChI is InChI=1S/C15H21FN2O2/c1-17-10-11-5-7-18(8-6-11)15(19)13-4-3-12(20-2)9-14(13)16/h3-4,9,11,17H,5-8,10H2,1-2H3. The molecule has 0 aromatic heterocycles. The first-order valence-corrected chi connectivity index (χ1v) is 6.93. The van der Waals surface area contributed by atoms with Gasteiger partial charge in [-0.2, -0.15) is 0 Å². The van der Waals surface area contributed by atoms with Crippen LogP contribution in [0.15, 0.2) is 18.2 Å². The number of nitrogens with zero attached hydrogens (tertiary/aromatic N) is 1. The highest BCUT2D eigenvalue weighted by Crippen LogP contribution is 2.21. The molecule has 0 aliphatic carbocycles. The quantitative estimate of drug-likeness (QED) is 0.916. The molecule has 0 atom stereocenters. The summed E-state index contributed by atoms with van der Waals surface area (Å²) in [5.41, 5.74) is 0.123. The van der Waals surface area contributed by atoms with Crippen LogP contribution in [0.3, 0.4) is 0 Å². The Morgan fingerprint density at radius 3 is 2.70 bits per heavy atom. The number of piperidine rings is 1. The molecule has 0 saturated carbocycles. The number of amides is 1. The Morgan fingerprint density at radius 2 is 2.15 bits per heavy atom. The number of nitrogens with one attached hydrogen (secondary N) is 1. The average Bonchev–Trinajstić information content (AvgIpc) is 2.47. The van der Waals surface area contributed by atoms with Crippen LogP contribution in [-0.4, -0.2) is 44.6 Å². The molecule has 1 heterocycles. The summed E-state index contributed by atoms with van der Waals surface area (Å²) < 4.78 is 18.8. The minimum absolute atomic E-state index is 0.123. The van der Waals surface area contributed by atoms with Gasteiger partial charge in [0, 0.05) is 19.2 Å². The van der Waals surface area contributed by atoms with Gasteiger partial charge in [-0.25, -0.2) is 4.39 Å². The van der Waals surface area contributed by atoms with Gasteiger partial charge in [-0.3, -0.25) is 4.79 Å². The summed E-state index contributed by atoms with van der Waals surface area (Å²) in [4.78, 5) is 14.0. The van der Waals surface area contributed by atoms with Gasteiger partial charge in [0.25, 0.3) is 5.91 Å². The minimum atomic E-state index is -0.522. The molecule has 0 spiro atoms. The van der Waals surface area contributed by atoms with Crippen molar-refractivity contribution in [2.45, 2.75) is 12.8 Å². The summed E-state index contributed by atoms with van der Waals surface area (Å²) in [5.74, 6) is 0.274. The average molecular weight is 280 g/mol. The Balaban J connectivity index is 2.02. The van der Waals surface area contributed by atoms with Gasteiger partial charge in [0.05, 0.1) is 12.7 Å². The van der Waals surface area contributed by atoms with Crippen LogP contribution in [-0.2, 0) is 0 Å². The molecule has 110 valence electrons. The Labute approximate surface area is 118 Å². The van der Waals surface area contributed by atoms with Crippen molar-refractivity contribution in [1.29, 1.82) is 0 Å². The molecular weight excluding hydrogens is 259 g/mol. The molecule has 1 aromatic rings. The van der Waals surface area contributed by atoms with Gasteiger partial charge in [-0.1, -0.05) is 0 Å². The lowest BCUT2D eigenvalue weighted by molar-refractivity contribution is 0.0686. The molecule has 1 aliphatic heterocycles. The predicted octanol–water partition coefficient (Wildman–Crippen LogP) is 1.91. The highest BCUT2D eigenvalue weighted by Gasteiger charge is 2.25. The van der Waals surface area contributed by atoms with Crippen molar-refractivity contribution in [2.24, 2.45) is 5.92 Å². The van der Waals surface area contributed by atoms with E-state index in [2.05, 4.69) is 5.32 Å². The number of halogens is 1. The first kappa shape index (κ1) is 14.8. The maximum atomic E-state index is 13.9. The van der Waals surface area contributed by atoms with Crippen molar-refractivity contribution >= 4 is 5.91 Å². The van der Waals surface area contributed by atoms with Crippen LogP contribution in [0.1, 0.15) is 23.2 Å². The lowest BCUT2D eigenvalue weighted by atomic mass is 9.96. The lowest BCUT2D eigenvalue weighted by Crippen LogP contribution is -2.40. The molecule has 1 aliphatic rings. The number of carbonyl (C=O) groups excluding carboxylic acids is 1. The zero-order chi connectivity index (χ0) is 14.5. The fraction of sp³-hybridized carbons (Fsp3) is 0.533. The topological polar surface area (TPSA) is 41.6 Å². The first-order chi connectivity index (χ1) is 9.65. The normalized spacial score (nSPS) is 16.2. The van der Waals surface area contributed by atoms with Crippen molar-refractivity contribution < 1.29 is 13.9 Å². The summed E-state index contributed by atoms with van der Waals surface area (Å²) in [7, 11) is 3.41. The molecule has 2 rings (SSSR count). The third-order valence-electron chi connectivity index (χ3n) is 3.80. The SMILES string of the molecule is CNCC1CCN(C(=O)c2ccc(OC)cc2F)CC1. The van der Waals surface area contributed by atoms with E-state index in [4.69, 9.17) is 4.74 Å². The molecule has 0 bridgehead atoms. The summed E-state index contributed by atoms with van der Waals surface area (Å²) in [6.45, 7) is 2.35. The summed E-state index contributed by atoms with van der Waals surface area (Å²) >= 11 is 0. The smallest absolute Gasteiger partial charge is 0.256 e. The third kappa shape index (κ3) is 3.28. The number of hydrogen-bond acceptors (Lipinski definition) is 3. The van der Waals surface area contributed by atoms with Crippen LogP contribution in [0, 0.1) is 11.7 Å². The molecule has 5 heteroatoms. The van der Waals surface area contributed by atoms with Gasteiger partial charge >= 0.3 is 0 Å². The van der Waals surface area contributed by atoms with Gasteiger partial charge < -0.3 is 15.0 Å². The first-order valence-electron chi connectivity index (χ1n) is 6.93. The van der Waals surface area contributed by atoms with E-state index in [1.165, 1.54) is 19.2 Å². The highest BCUT2D eigenvalue weighted by molar-refractivity contribution is 5.94. The zero-order valence-corrected chi connectivity index (χ0v) is 12.0. The van der Waals surface area contributed by atoms with E-state index in [-0.39, 0.29) is 11.5 Å². The Kier molecular flexibility index (Phi) is 4.95. The van der Waals surface area contributed by atoms with Gasteiger partial charge in [-0.05, 0) is 44.5 Å². The minimum Gasteiger partial charge on any atom is -0.497 e. The van der Waals surface area contributed by atoms with Crippen LogP contribution in [0.4, 0.5) is 4.39 Å². The van der Waals surface area contributed by atoms with E-state index in [0.29, 0.717) is 24.8 Å². The number of carbonyl (C=O) groups is 1. The molecule has 1 N–H and O–H groups in total. The van der Waals surface area contributed by atoms with Gasteiger partial charge in [0.15, 0.2) is 0 Å². The van der Waals surface area contributed by atoms with Crippen LogP contribution in [0.25, 0.3) is 0 Å². The molecule has 1 amide bonds. The van der Waals surface area contributed by atoms with Gasteiger partial charge in [-0.15, -0.1) is 0 Å². The van der Waals surface area contributed by atoms with E-state index in [1.807, 2.05) is 7.05 Å². The van der Waals surface area contributed by atoms with Gasteiger partial charge in [0.1, 0.15) is 11.6 Å². The van der Waals surface area contributed by atoms with Crippen molar-refractivity contribution in [3.05, 3.63) is 29.6 Å². The monoisotopic (exact) mass is 280 g/mol. The van der Waals surface area contributed by atoms with Crippen LogP contribution in [0.5, 0.6) is 5.75 Å². The molecule has 20 heavy (non-hydrogen) atoms. The number of ether oxygens (including phenoxy) is 1. The zero-order valence-electron chi connectivity index (χ0n) is 12.0. The molecular formula is C15H21FN2O2. The predicted molar refractivity (Wildman–Crippen MR) is 75.5 cm³/mol. The second-order valence-corrected chi connectivity index (χ2v) is 5.14. The van der Waals surface area contributed by atoms with E-state index in [9.17, 15) is 9.18 Å². The largest absolute Gasteiger partial charge is 0.497 e. The van der Waals surface area contributed by atoms with Crippen molar-refractivity contribution in [1.82, 2.24) is 10.2 Å². The van der Waals surface area contributed by atoms with E-state index >= 15 is 0 Å². The van der Waals surface area contributed by atoms with Crippen LogP contribution in [0.2, 0.25) is 0 Å². The fourth-order valence-electron chi connectivity index (χ4n) is 2.60. The summed E-state index contributed by atoms with van der Waals surface area (Å²) in [6, 6.07) is 4.36. The molecule has 1 saturated heterocycles. The van der Waals surface area contributed by atoms with E-state index in [1.54, 1.807) is 11.0 Å². The summed E-state index contributed by atoms with van der Waals surface area (Å²) in [6.07, 6.45) is 1.93. The summed E-state index contributed by atoms with van der Waals surface area (Å²) in [5, 5.41) is 3.16. The van der Waals surface area contributed by atoms with Gasteiger partial charge in [0.2, 0.25) is 0 Å². The Hall–Kier alpha value is -1.62. The van der Waals surface area contributed by atoms with E-state index < -0.39 is 5.82 Å². The number of hydrogen-bond donors (Lipinski definition) is 1. The molecule has 1 aromatic carbocycles. The number of rotatable bonds is 4. The van der Waals surface area contributed by atoms with Crippen LogP contribution < -0.4 is 10.1 Å². The molecule has 1 fully saturated rings. The molecule has 0 unspecified atom stereocenters. The number of methoxy groups -OCH3 is 1. The fourth-order valence-corrected chi connectivity index (χ4v) is 2.60. The number of benzene rings is 1. The maximum Gasteiger partial charge on any atom is 0.256 e. The molecule has 0 radical (unpaired) electrons. The lowest BCUT2D eigenvalue weighted by Gasteiger charge is -2.32. The highest BCUT2D eigenvalue weighted by atomic mass is 19.1. The maximum absolute atomic E-state index is 13.9. The molecule has 4 nitrogen and oxygen atoms in total. The van der Waals surface area contributed by atoms with Crippen LogP contribution >= 0.6 is 0 Å².